The molecule has 1 aliphatic carbocycles. The molecular weight excluding hydrogens is 524 g/mol. The molecule has 0 spiro atoms. The average molecular weight is 575 g/mol. The van der Waals surface area contributed by atoms with Gasteiger partial charge in [-0.3, -0.25) is 0 Å². The third-order valence-electron chi connectivity index (χ3n) is 9.54. The second-order valence-corrected chi connectivity index (χ2v) is 12.6. The smallest absolute Gasteiger partial charge is 0.115 e. The lowest BCUT2D eigenvalue weighted by molar-refractivity contribution is 0.473. The summed E-state index contributed by atoms with van der Waals surface area (Å²) in [5.41, 5.74) is 9.56. The van der Waals surface area contributed by atoms with Crippen LogP contribution in [0, 0.1) is 0 Å². The van der Waals surface area contributed by atoms with Crippen LogP contribution in [0.15, 0.2) is 84.9 Å². The molecule has 4 aromatic carbocycles. The van der Waals surface area contributed by atoms with Crippen LogP contribution in [0.25, 0.3) is 11.1 Å². The van der Waals surface area contributed by atoms with Gasteiger partial charge >= 0.3 is 0 Å². The first-order valence-corrected chi connectivity index (χ1v) is 16.9. The highest BCUT2D eigenvalue weighted by molar-refractivity contribution is 5.87. The van der Waals surface area contributed by atoms with Gasteiger partial charge in [-0.1, -0.05) is 139 Å². The Bertz CT molecular complexity index is 1370. The van der Waals surface area contributed by atoms with E-state index in [-0.39, 0.29) is 0 Å². The van der Waals surface area contributed by atoms with Crippen LogP contribution in [0.3, 0.4) is 0 Å². The van der Waals surface area contributed by atoms with E-state index in [0.717, 1.165) is 25.7 Å². The molecule has 0 atom stereocenters. The summed E-state index contributed by atoms with van der Waals surface area (Å²) in [7, 11) is 0. The molecule has 0 fully saturated rings. The molecule has 0 saturated carbocycles. The number of aryl methyl sites for hydroxylation is 2. The highest BCUT2D eigenvalue weighted by Gasteiger charge is 2.47. The highest BCUT2D eigenvalue weighted by atomic mass is 16.3. The van der Waals surface area contributed by atoms with Crippen LogP contribution < -0.4 is 0 Å². The maximum atomic E-state index is 10.8. The Morgan fingerprint density at radius 1 is 0.442 bits per heavy atom. The van der Waals surface area contributed by atoms with E-state index in [2.05, 4.69) is 74.5 Å². The van der Waals surface area contributed by atoms with Crippen molar-refractivity contribution < 1.29 is 10.2 Å². The highest BCUT2D eigenvalue weighted by Crippen LogP contribution is 2.58. The van der Waals surface area contributed by atoms with Gasteiger partial charge in [-0.2, -0.15) is 0 Å². The molecular formula is C41H50O2. The van der Waals surface area contributed by atoms with Crippen LogP contribution in [0.1, 0.15) is 124 Å². The molecule has 0 aliphatic heterocycles. The van der Waals surface area contributed by atoms with Crippen molar-refractivity contribution in [3.8, 4) is 22.6 Å². The van der Waals surface area contributed by atoms with Gasteiger partial charge in [-0.25, -0.2) is 0 Å². The quantitative estimate of drug-likeness (QED) is 0.115. The van der Waals surface area contributed by atoms with E-state index in [4.69, 9.17) is 0 Å². The number of rotatable bonds is 16. The van der Waals surface area contributed by atoms with E-state index in [0.29, 0.717) is 11.5 Å². The maximum Gasteiger partial charge on any atom is 0.115 e. The molecule has 1 aliphatic rings. The zero-order valence-electron chi connectivity index (χ0n) is 26.4. The predicted octanol–water partition coefficient (Wildman–Crippen LogP) is 11.3. The molecule has 0 bridgehead atoms. The molecule has 5 rings (SSSR count). The lowest BCUT2D eigenvalue weighted by Crippen LogP contribution is -2.31. The molecule has 226 valence electrons. The number of hydrogen-bond acceptors (Lipinski definition) is 2. The van der Waals surface area contributed by atoms with Crippen LogP contribution >= 0.6 is 0 Å². The van der Waals surface area contributed by atoms with E-state index in [1.165, 1.54) is 109 Å². The first kappa shape index (κ1) is 30.9. The summed E-state index contributed by atoms with van der Waals surface area (Å²) in [5.74, 6) is 0.662. The van der Waals surface area contributed by atoms with Crippen LogP contribution in [0.5, 0.6) is 11.5 Å². The predicted molar refractivity (Wildman–Crippen MR) is 181 cm³/mol. The van der Waals surface area contributed by atoms with E-state index >= 15 is 0 Å². The number of phenols is 2. The monoisotopic (exact) mass is 574 g/mol. The van der Waals surface area contributed by atoms with Gasteiger partial charge in [0.25, 0.3) is 0 Å². The fourth-order valence-electron chi connectivity index (χ4n) is 7.46. The number of aromatic hydroxyl groups is 2. The third-order valence-corrected chi connectivity index (χ3v) is 9.54. The molecule has 0 amide bonds. The minimum Gasteiger partial charge on any atom is -0.508 e. The summed E-state index contributed by atoms with van der Waals surface area (Å²) in [4.78, 5) is 0. The minimum atomic E-state index is -0.524. The minimum absolute atomic E-state index is 0.331. The van der Waals surface area contributed by atoms with Gasteiger partial charge in [-0.05, 0) is 94.5 Å². The van der Waals surface area contributed by atoms with E-state index in [1.807, 2.05) is 24.3 Å². The molecule has 0 heterocycles. The number of phenolic OH excluding ortho intramolecular Hbond substituents is 2. The number of hydrogen-bond donors (Lipinski definition) is 2. The largest absolute Gasteiger partial charge is 0.508 e. The van der Waals surface area contributed by atoms with Crippen LogP contribution in [-0.2, 0) is 18.3 Å². The summed E-state index contributed by atoms with van der Waals surface area (Å²) < 4.78 is 0. The third kappa shape index (κ3) is 6.54. The zero-order chi connectivity index (χ0) is 30.1. The van der Waals surface area contributed by atoms with Crippen molar-refractivity contribution in [1.29, 1.82) is 0 Å². The zero-order valence-corrected chi connectivity index (χ0v) is 26.4. The molecule has 2 N–H and O–H groups in total. The summed E-state index contributed by atoms with van der Waals surface area (Å²) >= 11 is 0. The van der Waals surface area contributed by atoms with Crippen LogP contribution in [-0.4, -0.2) is 10.2 Å². The van der Waals surface area contributed by atoms with Crippen molar-refractivity contribution >= 4 is 0 Å². The molecule has 2 heteroatoms. The molecule has 0 radical (unpaired) electrons. The van der Waals surface area contributed by atoms with Crippen molar-refractivity contribution in [2.24, 2.45) is 0 Å². The number of fused-ring (bicyclic) bond motifs is 3. The van der Waals surface area contributed by atoms with Crippen molar-refractivity contribution in [2.75, 3.05) is 0 Å². The molecule has 0 saturated heterocycles. The van der Waals surface area contributed by atoms with Crippen LogP contribution in [0.2, 0.25) is 0 Å². The van der Waals surface area contributed by atoms with E-state index in [9.17, 15) is 10.2 Å². The SMILES string of the molecule is CCCCCCCCc1cc(O)ccc1C1(c2ccc(O)cc2CCCCCCCC)c2ccccc2-c2ccccc21. The van der Waals surface area contributed by atoms with Crippen molar-refractivity contribution in [3.63, 3.8) is 0 Å². The van der Waals surface area contributed by atoms with E-state index < -0.39 is 5.41 Å². The van der Waals surface area contributed by atoms with Crippen molar-refractivity contribution in [3.05, 3.63) is 118 Å². The van der Waals surface area contributed by atoms with Gasteiger partial charge in [0.05, 0.1) is 5.41 Å². The Hall–Kier alpha value is -3.52. The topological polar surface area (TPSA) is 40.5 Å². The van der Waals surface area contributed by atoms with Gasteiger partial charge in [0, 0.05) is 0 Å². The molecule has 4 aromatic rings. The van der Waals surface area contributed by atoms with Crippen molar-refractivity contribution in [2.45, 2.75) is 109 Å². The fourth-order valence-corrected chi connectivity index (χ4v) is 7.46. The maximum absolute atomic E-state index is 10.8. The van der Waals surface area contributed by atoms with Gasteiger partial charge in [0.2, 0.25) is 0 Å². The Morgan fingerprint density at radius 2 is 0.837 bits per heavy atom. The van der Waals surface area contributed by atoms with Crippen molar-refractivity contribution in [1.82, 2.24) is 0 Å². The summed E-state index contributed by atoms with van der Waals surface area (Å²) in [6, 6.07) is 29.9. The molecule has 0 aromatic heterocycles. The Balaban J connectivity index is 1.65. The molecule has 0 unspecified atom stereocenters. The Labute approximate surface area is 259 Å². The standard InChI is InChI=1S/C41H50O2/c1-3-5-7-9-11-13-19-31-29-33(42)25-27-37(31)41(39-23-17-15-21-35(39)36-22-16-18-24-40(36)41)38-28-26-34(43)30-32(38)20-14-12-10-8-6-4-2/h15-18,21-30,42-43H,3-14,19-20H2,1-2H3. The van der Waals surface area contributed by atoms with Gasteiger partial charge in [-0.15, -0.1) is 0 Å². The molecule has 43 heavy (non-hydrogen) atoms. The van der Waals surface area contributed by atoms with Gasteiger partial charge in [0.15, 0.2) is 0 Å². The number of benzene rings is 4. The fraction of sp³-hybridized carbons (Fsp3) is 0.415. The second-order valence-electron chi connectivity index (χ2n) is 12.6. The first-order valence-electron chi connectivity index (χ1n) is 16.9. The van der Waals surface area contributed by atoms with Gasteiger partial charge < -0.3 is 10.2 Å². The second kappa shape index (κ2) is 14.8. The lowest BCUT2D eigenvalue weighted by atomic mass is 9.64. The normalized spacial score (nSPS) is 13.2. The summed E-state index contributed by atoms with van der Waals surface area (Å²) in [6.45, 7) is 4.53. The van der Waals surface area contributed by atoms with Gasteiger partial charge in [0.1, 0.15) is 11.5 Å². The molecule has 2 nitrogen and oxygen atoms in total. The Kier molecular flexibility index (Phi) is 10.6. The Morgan fingerprint density at radius 3 is 1.28 bits per heavy atom. The summed E-state index contributed by atoms with van der Waals surface area (Å²) in [5, 5.41) is 21.5. The number of unbranched alkanes of at least 4 members (excludes halogenated alkanes) is 10. The first-order chi connectivity index (χ1) is 21.1. The lowest BCUT2D eigenvalue weighted by Gasteiger charge is -2.37. The average Bonchev–Trinajstić information content (AvgIpc) is 3.32. The summed E-state index contributed by atoms with van der Waals surface area (Å²) in [6.07, 6.45) is 16.7. The van der Waals surface area contributed by atoms with E-state index in [1.54, 1.807) is 0 Å². The van der Waals surface area contributed by atoms with Crippen LogP contribution in [0.4, 0.5) is 0 Å².